The molecule has 1 N–H and O–H groups in total. The van der Waals surface area contributed by atoms with E-state index in [0.29, 0.717) is 5.75 Å². The number of aryl methyl sites for hydroxylation is 2. The van der Waals surface area contributed by atoms with Crippen LogP contribution in [-0.2, 0) is 4.79 Å². The Bertz CT molecular complexity index is 760. The summed E-state index contributed by atoms with van der Waals surface area (Å²) in [6.45, 7) is 3.81. The summed E-state index contributed by atoms with van der Waals surface area (Å²) >= 11 is 3.42. The van der Waals surface area contributed by atoms with Crippen LogP contribution in [0.3, 0.4) is 0 Å². The summed E-state index contributed by atoms with van der Waals surface area (Å²) in [6, 6.07) is 11.2. The Kier molecular flexibility index (Phi) is 6.37. The van der Waals surface area contributed by atoms with Gasteiger partial charge >= 0.3 is 0 Å². The quantitative estimate of drug-likeness (QED) is 0.605. The van der Waals surface area contributed by atoms with Gasteiger partial charge in [0.05, 0.1) is 13.3 Å². The molecule has 0 unspecified atom stereocenters. The van der Waals surface area contributed by atoms with Gasteiger partial charge in [-0.2, -0.15) is 5.10 Å². The lowest BCUT2D eigenvalue weighted by molar-refractivity contribution is -0.123. The minimum Gasteiger partial charge on any atom is -0.496 e. The van der Waals surface area contributed by atoms with Crippen molar-refractivity contribution in [2.75, 3.05) is 13.7 Å². The number of halogens is 1. The van der Waals surface area contributed by atoms with Crippen LogP contribution in [0.25, 0.3) is 0 Å². The van der Waals surface area contributed by atoms with Gasteiger partial charge in [0.15, 0.2) is 6.61 Å². The highest BCUT2D eigenvalue weighted by atomic mass is 79.9. The van der Waals surface area contributed by atoms with Crippen molar-refractivity contribution < 1.29 is 14.3 Å². The highest BCUT2D eigenvalue weighted by Gasteiger charge is 2.03. The Hall–Kier alpha value is -2.34. The molecule has 2 aromatic rings. The Morgan fingerprint density at radius 3 is 2.67 bits per heavy atom. The fourth-order valence-electron chi connectivity index (χ4n) is 2.05. The van der Waals surface area contributed by atoms with Gasteiger partial charge in [-0.3, -0.25) is 4.79 Å². The molecule has 0 saturated heterocycles. The van der Waals surface area contributed by atoms with Crippen LogP contribution in [0.5, 0.6) is 11.5 Å². The molecule has 0 aromatic heterocycles. The van der Waals surface area contributed by atoms with Gasteiger partial charge in [-0.15, -0.1) is 0 Å². The van der Waals surface area contributed by atoms with Gasteiger partial charge in [-0.1, -0.05) is 15.9 Å². The van der Waals surface area contributed by atoms with Gasteiger partial charge in [-0.25, -0.2) is 5.43 Å². The van der Waals surface area contributed by atoms with E-state index in [0.717, 1.165) is 26.9 Å². The van der Waals surface area contributed by atoms with E-state index in [1.54, 1.807) is 19.4 Å². The van der Waals surface area contributed by atoms with E-state index in [-0.39, 0.29) is 12.5 Å². The molecule has 0 fully saturated rings. The summed E-state index contributed by atoms with van der Waals surface area (Å²) in [7, 11) is 1.63. The zero-order chi connectivity index (χ0) is 17.5. The molecule has 0 atom stereocenters. The molecule has 126 valence electrons. The number of nitrogens with one attached hydrogen (secondary N) is 1. The van der Waals surface area contributed by atoms with Gasteiger partial charge in [0.25, 0.3) is 5.91 Å². The van der Waals surface area contributed by atoms with Crippen molar-refractivity contribution in [1.29, 1.82) is 0 Å². The van der Waals surface area contributed by atoms with Crippen LogP contribution in [-0.4, -0.2) is 25.8 Å². The maximum atomic E-state index is 11.7. The first-order valence-corrected chi connectivity index (χ1v) is 8.14. The van der Waals surface area contributed by atoms with E-state index < -0.39 is 0 Å². The van der Waals surface area contributed by atoms with E-state index >= 15 is 0 Å². The predicted octanol–water partition coefficient (Wildman–Crippen LogP) is 3.60. The minimum absolute atomic E-state index is 0.0972. The van der Waals surface area contributed by atoms with Crippen molar-refractivity contribution in [1.82, 2.24) is 5.43 Å². The topological polar surface area (TPSA) is 59.9 Å². The van der Waals surface area contributed by atoms with Crippen LogP contribution in [0.1, 0.15) is 16.7 Å². The Labute approximate surface area is 149 Å². The Morgan fingerprint density at radius 2 is 2.00 bits per heavy atom. The summed E-state index contributed by atoms with van der Waals surface area (Å²) in [4.78, 5) is 11.7. The number of rotatable bonds is 6. The smallest absolute Gasteiger partial charge is 0.277 e. The SMILES string of the molecule is COc1ccc(/C=N/NC(=O)COc2ccc(Br)c(C)c2)cc1C. The Morgan fingerprint density at radius 1 is 1.21 bits per heavy atom. The van der Waals surface area contributed by atoms with Crippen LogP contribution in [0.2, 0.25) is 0 Å². The van der Waals surface area contributed by atoms with Crippen molar-refractivity contribution >= 4 is 28.1 Å². The molecule has 2 rings (SSSR count). The molecule has 0 spiro atoms. The van der Waals surface area contributed by atoms with Crippen LogP contribution in [0.4, 0.5) is 0 Å². The predicted molar refractivity (Wildman–Crippen MR) is 97.8 cm³/mol. The minimum atomic E-state index is -0.322. The van der Waals surface area contributed by atoms with Crippen LogP contribution in [0.15, 0.2) is 46.0 Å². The lowest BCUT2D eigenvalue weighted by Crippen LogP contribution is -2.24. The second kappa shape index (κ2) is 8.49. The zero-order valence-electron chi connectivity index (χ0n) is 13.8. The summed E-state index contributed by atoms with van der Waals surface area (Å²) in [5.41, 5.74) is 5.36. The highest BCUT2D eigenvalue weighted by molar-refractivity contribution is 9.10. The summed E-state index contributed by atoms with van der Waals surface area (Å²) < 4.78 is 11.6. The van der Waals surface area contributed by atoms with Gasteiger partial charge in [-0.05, 0) is 66.9 Å². The van der Waals surface area contributed by atoms with Crippen LogP contribution < -0.4 is 14.9 Å². The number of ether oxygens (including phenoxy) is 2. The van der Waals surface area contributed by atoms with Crippen molar-refractivity contribution in [3.05, 3.63) is 57.6 Å². The molecule has 0 aliphatic rings. The van der Waals surface area contributed by atoms with Gasteiger partial charge in [0, 0.05) is 4.47 Å². The van der Waals surface area contributed by atoms with Gasteiger partial charge in [0.2, 0.25) is 0 Å². The number of carbonyl (C=O) groups is 1. The van der Waals surface area contributed by atoms with E-state index in [1.807, 2.05) is 44.2 Å². The van der Waals surface area contributed by atoms with Gasteiger partial charge < -0.3 is 9.47 Å². The monoisotopic (exact) mass is 390 g/mol. The number of hydrogen-bond donors (Lipinski definition) is 1. The molecule has 0 radical (unpaired) electrons. The normalized spacial score (nSPS) is 10.7. The maximum absolute atomic E-state index is 11.7. The molecule has 24 heavy (non-hydrogen) atoms. The number of hydrogen-bond acceptors (Lipinski definition) is 4. The second-order valence-electron chi connectivity index (χ2n) is 5.22. The number of amides is 1. The fourth-order valence-corrected chi connectivity index (χ4v) is 2.30. The van der Waals surface area contributed by atoms with E-state index in [9.17, 15) is 4.79 Å². The van der Waals surface area contributed by atoms with Crippen LogP contribution in [0, 0.1) is 13.8 Å². The molecular formula is C18H19BrN2O3. The maximum Gasteiger partial charge on any atom is 0.277 e. The summed E-state index contributed by atoms with van der Waals surface area (Å²) in [5, 5.41) is 3.93. The zero-order valence-corrected chi connectivity index (χ0v) is 15.4. The molecule has 0 aliphatic carbocycles. The molecular weight excluding hydrogens is 372 g/mol. The second-order valence-corrected chi connectivity index (χ2v) is 6.08. The van der Waals surface area contributed by atoms with Crippen molar-refractivity contribution in [2.45, 2.75) is 13.8 Å². The number of methoxy groups -OCH3 is 1. The third-order valence-electron chi connectivity index (χ3n) is 3.32. The first-order chi connectivity index (χ1) is 11.5. The molecule has 6 heteroatoms. The number of hydrazone groups is 1. The molecule has 0 heterocycles. The number of carbonyl (C=O) groups excluding carboxylic acids is 1. The lowest BCUT2D eigenvalue weighted by Gasteiger charge is -2.07. The first-order valence-electron chi connectivity index (χ1n) is 7.35. The fraction of sp³-hybridized carbons (Fsp3) is 0.222. The number of nitrogens with zero attached hydrogens (tertiary/aromatic N) is 1. The average molecular weight is 391 g/mol. The van der Waals surface area contributed by atoms with E-state index in [4.69, 9.17) is 9.47 Å². The molecule has 2 aromatic carbocycles. The van der Waals surface area contributed by atoms with Crippen molar-refractivity contribution in [3.8, 4) is 11.5 Å². The average Bonchev–Trinajstić information content (AvgIpc) is 2.56. The van der Waals surface area contributed by atoms with Gasteiger partial charge in [0.1, 0.15) is 11.5 Å². The summed E-state index contributed by atoms with van der Waals surface area (Å²) in [6.07, 6.45) is 1.58. The molecule has 0 aliphatic heterocycles. The molecule has 1 amide bonds. The standard InChI is InChI=1S/C18H19BrN2O3/c1-12-9-15(5-6-16(12)19)24-11-18(22)21-20-10-14-4-7-17(23-3)13(2)8-14/h4-10H,11H2,1-3H3,(H,21,22)/b20-10+. The van der Waals surface area contributed by atoms with Crippen molar-refractivity contribution in [3.63, 3.8) is 0 Å². The largest absolute Gasteiger partial charge is 0.496 e. The molecule has 0 bridgehead atoms. The van der Waals surface area contributed by atoms with E-state index in [1.165, 1.54) is 0 Å². The first kappa shape index (κ1) is 18.0. The molecule has 0 saturated carbocycles. The lowest BCUT2D eigenvalue weighted by atomic mass is 10.1. The summed E-state index contributed by atoms with van der Waals surface area (Å²) in [5.74, 6) is 1.13. The highest BCUT2D eigenvalue weighted by Crippen LogP contribution is 2.21. The number of benzene rings is 2. The third kappa shape index (κ3) is 5.09. The Balaban J connectivity index is 1.84. The third-order valence-corrected chi connectivity index (χ3v) is 4.21. The van der Waals surface area contributed by atoms with Crippen molar-refractivity contribution in [2.24, 2.45) is 5.10 Å². The molecule has 5 nitrogen and oxygen atoms in total. The van der Waals surface area contributed by atoms with Crippen LogP contribution >= 0.6 is 15.9 Å². The van der Waals surface area contributed by atoms with E-state index in [2.05, 4.69) is 26.5 Å².